The number of H-pyrrole nitrogens is 1. The maximum Gasteiger partial charge on any atom is 0.140 e. The molecule has 0 unspecified atom stereocenters. The van der Waals surface area contributed by atoms with Crippen molar-refractivity contribution < 1.29 is 0 Å². The van der Waals surface area contributed by atoms with Crippen molar-refractivity contribution in [3.05, 3.63) is 175 Å². The van der Waals surface area contributed by atoms with Crippen molar-refractivity contribution in [1.82, 2.24) is 19.5 Å². The molecule has 0 saturated heterocycles. The van der Waals surface area contributed by atoms with Crippen molar-refractivity contribution in [2.75, 3.05) is 0 Å². The van der Waals surface area contributed by atoms with Crippen LogP contribution in [0.1, 0.15) is 5.56 Å². The van der Waals surface area contributed by atoms with E-state index in [-0.39, 0.29) is 0 Å². The first-order valence-corrected chi connectivity index (χ1v) is 19.7. The van der Waals surface area contributed by atoms with Crippen LogP contribution in [0.2, 0.25) is 0 Å². The third-order valence-corrected chi connectivity index (χ3v) is 10.7. The van der Waals surface area contributed by atoms with E-state index < -0.39 is 0 Å². The van der Waals surface area contributed by atoms with Crippen LogP contribution in [0.15, 0.2) is 170 Å². The summed E-state index contributed by atoms with van der Waals surface area (Å²) in [7, 11) is 2.03. The minimum atomic E-state index is 0.638. The van der Waals surface area contributed by atoms with Gasteiger partial charge in [-0.2, -0.15) is 5.26 Å². The molecule has 6 aromatic carbocycles. The molecule has 5 nitrogen and oxygen atoms in total. The van der Waals surface area contributed by atoms with Gasteiger partial charge < -0.3 is 9.55 Å². The standard InChI is InChI=1S/C23H15Br2N3.C21H14Br2N2/c1-28-22(17-8-12-20(25)13-9-17)21(16-6-10-19(24)11-7-16)27-23(28)18-4-2-15(14-26)3-5-18;22-17-10-6-14(7-11-17)19-20(15-8-12-18(23)13-9-15)25-21(24-19)16-4-2-1-3-5-16/h2-13H,1H3;1-13H,(H,24,25). The Morgan fingerprint density at radius 1 is 0.491 bits per heavy atom. The summed E-state index contributed by atoms with van der Waals surface area (Å²) in [5, 5.41) is 9.07. The summed E-state index contributed by atoms with van der Waals surface area (Å²) in [4.78, 5) is 13.4. The molecule has 0 atom stereocenters. The first-order valence-electron chi connectivity index (χ1n) is 16.5. The van der Waals surface area contributed by atoms with Gasteiger partial charge in [0, 0.05) is 58.3 Å². The van der Waals surface area contributed by atoms with Crippen LogP contribution in [0.5, 0.6) is 0 Å². The van der Waals surface area contributed by atoms with Crippen LogP contribution in [-0.4, -0.2) is 19.5 Å². The molecule has 258 valence electrons. The van der Waals surface area contributed by atoms with Crippen molar-refractivity contribution in [3.8, 4) is 73.9 Å². The number of rotatable bonds is 6. The minimum Gasteiger partial charge on any atom is -0.337 e. The van der Waals surface area contributed by atoms with Crippen LogP contribution < -0.4 is 0 Å². The van der Waals surface area contributed by atoms with Crippen LogP contribution in [0, 0.1) is 11.3 Å². The quantitative estimate of drug-likeness (QED) is 0.181. The molecule has 0 bridgehead atoms. The van der Waals surface area contributed by atoms with Gasteiger partial charge in [0.1, 0.15) is 11.6 Å². The lowest BCUT2D eigenvalue weighted by Gasteiger charge is -2.09. The molecular formula is C44H29Br4N5. The predicted molar refractivity (Wildman–Crippen MR) is 230 cm³/mol. The van der Waals surface area contributed by atoms with E-state index in [2.05, 4.69) is 140 Å². The molecule has 0 aliphatic rings. The van der Waals surface area contributed by atoms with E-state index in [1.54, 1.807) is 0 Å². The molecule has 8 rings (SSSR count). The van der Waals surface area contributed by atoms with E-state index in [9.17, 15) is 0 Å². The molecule has 53 heavy (non-hydrogen) atoms. The molecule has 2 heterocycles. The van der Waals surface area contributed by atoms with E-state index in [1.165, 1.54) is 0 Å². The zero-order chi connectivity index (χ0) is 36.9. The Bertz CT molecular complexity index is 2450. The fourth-order valence-corrected chi connectivity index (χ4v) is 7.00. The monoisotopic (exact) mass is 943 g/mol. The van der Waals surface area contributed by atoms with E-state index >= 15 is 0 Å². The summed E-state index contributed by atoms with van der Waals surface area (Å²) in [5.41, 5.74) is 11.0. The lowest BCUT2D eigenvalue weighted by molar-refractivity contribution is 0.933. The van der Waals surface area contributed by atoms with Crippen LogP contribution in [-0.2, 0) is 7.05 Å². The van der Waals surface area contributed by atoms with Gasteiger partial charge in [-0.1, -0.05) is 143 Å². The summed E-state index contributed by atoms with van der Waals surface area (Å²) in [6, 6.07) is 52.8. The highest BCUT2D eigenvalue weighted by Crippen LogP contribution is 2.37. The predicted octanol–water partition coefficient (Wildman–Crippen LogP) is 13.8. The highest BCUT2D eigenvalue weighted by Gasteiger charge is 2.19. The number of benzene rings is 6. The Labute approximate surface area is 341 Å². The number of hydrogen-bond acceptors (Lipinski definition) is 3. The molecule has 1 N–H and O–H groups in total. The van der Waals surface area contributed by atoms with E-state index in [4.69, 9.17) is 15.2 Å². The second-order valence-corrected chi connectivity index (χ2v) is 15.7. The number of hydrogen-bond donors (Lipinski definition) is 1. The number of aromatic nitrogens is 4. The highest BCUT2D eigenvalue weighted by molar-refractivity contribution is 9.11. The maximum absolute atomic E-state index is 9.07. The number of nitrogens with zero attached hydrogens (tertiary/aromatic N) is 4. The van der Waals surface area contributed by atoms with Gasteiger partial charge in [0.05, 0.1) is 34.4 Å². The van der Waals surface area contributed by atoms with Crippen LogP contribution in [0.4, 0.5) is 0 Å². The molecule has 0 spiro atoms. The third kappa shape index (κ3) is 8.37. The van der Waals surface area contributed by atoms with Crippen molar-refractivity contribution in [3.63, 3.8) is 0 Å². The number of nitriles is 1. The summed E-state index contributed by atoms with van der Waals surface area (Å²) in [5.74, 6) is 1.73. The lowest BCUT2D eigenvalue weighted by Crippen LogP contribution is -1.96. The highest BCUT2D eigenvalue weighted by atomic mass is 79.9. The van der Waals surface area contributed by atoms with Crippen molar-refractivity contribution in [2.24, 2.45) is 7.05 Å². The van der Waals surface area contributed by atoms with E-state index in [1.807, 2.05) is 98.0 Å². The molecule has 8 aromatic rings. The van der Waals surface area contributed by atoms with Gasteiger partial charge in [-0.05, 0) is 72.8 Å². The van der Waals surface area contributed by atoms with Crippen LogP contribution in [0.3, 0.4) is 0 Å². The number of imidazole rings is 2. The second-order valence-electron chi connectivity index (χ2n) is 12.1. The summed E-state index contributed by atoms with van der Waals surface area (Å²) in [6.07, 6.45) is 0. The number of nitrogens with one attached hydrogen (secondary N) is 1. The first-order chi connectivity index (χ1) is 25.8. The molecule has 0 amide bonds. The molecule has 2 aromatic heterocycles. The van der Waals surface area contributed by atoms with Gasteiger partial charge in [-0.3, -0.25) is 0 Å². The minimum absolute atomic E-state index is 0.638. The fraction of sp³-hybridized carbons (Fsp3) is 0.0227. The molecule has 0 aliphatic heterocycles. The smallest absolute Gasteiger partial charge is 0.140 e. The SMILES string of the molecule is Brc1ccc(-c2nc(-c3ccccc3)[nH]c2-c2ccc(Br)cc2)cc1.Cn1c(-c2ccc(C#N)cc2)nc(-c2ccc(Br)cc2)c1-c1ccc(Br)cc1. The van der Waals surface area contributed by atoms with Crippen LogP contribution in [0.25, 0.3) is 67.8 Å². The summed E-state index contributed by atoms with van der Waals surface area (Å²) in [6.45, 7) is 0. The van der Waals surface area contributed by atoms with E-state index in [0.29, 0.717) is 5.56 Å². The van der Waals surface area contributed by atoms with Crippen molar-refractivity contribution in [2.45, 2.75) is 0 Å². The number of halogens is 4. The van der Waals surface area contributed by atoms with Gasteiger partial charge in [-0.15, -0.1) is 0 Å². The van der Waals surface area contributed by atoms with Crippen molar-refractivity contribution in [1.29, 1.82) is 5.26 Å². The van der Waals surface area contributed by atoms with Crippen LogP contribution >= 0.6 is 63.7 Å². The largest absolute Gasteiger partial charge is 0.337 e. The second kappa shape index (κ2) is 16.4. The fourth-order valence-electron chi connectivity index (χ4n) is 5.95. The zero-order valence-electron chi connectivity index (χ0n) is 28.2. The van der Waals surface area contributed by atoms with Gasteiger partial charge in [0.2, 0.25) is 0 Å². The Balaban J connectivity index is 0.000000165. The molecule has 0 aliphatic carbocycles. The first kappa shape index (κ1) is 36.5. The van der Waals surface area contributed by atoms with Crippen molar-refractivity contribution >= 4 is 63.7 Å². The maximum atomic E-state index is 9.07. The van der Waals surface area contributed by atoms with Gasteiger partial charge in [0.15, 0.2) is 0 Å². The lowest BCUT2D eigenvalue weighted by atomic mass is 10.0. The summed E-state index contributed by atoms with van der Waals surface area (Å²) < 4.78 is 6.30. The van der Waals surface area contributed by atoms with Gasteiger partial charge in [0.25, 0.3) is 0 Å². The molecular weight excluding hydrogens is 918 g/mol. The summed E-state index contributed by atoms with van der Waals surface area (Å²) >= 11 is 14.0. The Morgan fingerprint density at radius 2 is 0.943 bits per heavy atom. The van der Waals surface area contributed by atoms with Gasteiger partial charge >= 0.3 is 0 Å². The topological polar surface area (TPSA) is 70.3 Å². The van der Waals surface area contributed by atoms with Gasteiger partial charge in [-0.25, -0.2) is 9.97 Å². The molecule has 0 fully saturated rings. The third-order valence-electron chi connectivity index (χ3n) is 8.60. The number of aromatic amines is 1. The zero-order valence-corrected chi connectivity index (χ0v) is 34.6. The Hall–Kier alpha value is -4.85. The molecule has 0 saturated carbocycles. The average Bonchev–Trinajstić information content (AvgIpc) is 3.79. The molecule has 9 heteroatoms. The normalized spacial score (nSPS) is 10.7. The Kier molecular flexibility index (Phi) is 11.3. The van der Waals surface area contributed by atoms with E-state index in [0.717, 1.165) is 85.7 Å². The Morgan fingerprint density at radius 3 is 1.45 bits per heavy atom. The average molecular weight is 947 g/mol. The molecule has 0 radical (unpaired) electrons.